The molecule has 0 saturated heterocycles. The second kappa shape index (κ2) is 16.9. The maximum Gasteiger partial charge on any atom is 0.306 e. The minimum atomic E-state index is -3.71. The van der Waals surface area contributed by atoms with Gasteiger partial charge in [-0.1, -0.05) is 42.5 Å². The Morgan fingerprint density at radius 3 is 2.03 bits per heavy atom. The van der Waals surface area contributed by atoms with Crippen molar-refractivity contribution in [3.8, 4) is 28.7 Å². The molecule has 2 atom stereocenters. The summed E-state index contributed by atoms with van der Waals surface area (Å²) in [6.07, 6.45) is 5.40. The number of aliphatic imine (C=N–C) groups is 2. The monoisotopic (exact) mass is 869 g/mol. The lowest BCUT2D eigenvalue weighted by molar-refractivity contribution is 0.0651. The number of methoxy groups -OCH3 is 2. The minimum Gasteiger partial charge on any atom is -0.493 e. The number of benzene rings is 5. The van der Waals surface area contributed by atoms with Gasteiger partial charge in [-0.15, -0.1) is 0 Å². The predicted octanol–water partition coefficient (Wildman–Crippen LogP) is 6.50. The van der Waals surface area contributed by atoms with Gasteiger partial charge in [0.25, 0.3) is 11.8 Å². The van der Waals surface area contributed by atoms with Crippen LogP contribution in [-0.4, -0.2) is 94.1 Å². The van der Waals surface area contributed by atoms with E-state index >= 15 is 0 Å². The molecule has 5 aromatic carbocycles. The smallest absolute Gasteiger partial charge is 0.306 e. The summed E-state index contributed by atoms with van der Waals surface area (Å²) in [5.41, 5.74) is 8.96. The van der Waals surface area contributed by atoms with E-state index in [1.165, 1.54) is 12.7 Å². The zero-order valence-electron chi connectivity index (χ0n) is 35.7. The van der Waals surface area contributed by atoms with Gasteiger partial charge in [0, 0.05) is 50.1 Å². The van der Waals surface area contributed by atoms with Gasteiger partial charge in [-0.2, -0.15) is 8.42 Å². The van der Waals surface area contributed by atoms with Gasteiger partial charge < -0.3 is 37.8 Å². The van der Waals surface area contributed by atoms with Crippen LogP contribution in [0.25, 0.3) is 0 Å². The summed E-state index contributed by atoms with van der Waals surface area (Å²) < 4.78 is 53.0. The van der Waals surface area contributed by atoms with Crippen molar-refractivity contribution in [3.05, 3.63) is 141 Å². The maximum absolute atomic E-state index is 14.1. The molecule has 4 aliphatic rings. The molecule has 324 valence electrons. The molecule has 5 aromatic rings. The number of carbonyl (C=O) groups is 2. The fourth-order valence-corrected chi connectivity index (χ4v) is 9.13. The molecule has 4 heterocycles. The number of hydrogen-bond acceptors (Lipinski definition) is 12. The second-order valence-electron chi connectivity index (χ2n) is 16.4. The Bertz CT molecular complexity index is 2820. The number of nitrogens with zero attached hydrogens (tertiary/aromatic N) is 5. The van der Waals surface area contributed by atoms with Crippen LogP contribution in [0.15, 0.2) is 94.9 Å². The quantitative estimate of drug-likeness (QED) is 0.127. The van der Waals surface area contributed by atoms with E-state index < -0.39 is 10.1 Å². The Hall–Kier alpha value is -6.71. The number of carbonyl (C=O) groups excluding carboxylic acids is 2. The molecule has 0 saturated carbocycles. The van der Waals surface area contributed by atoms with Crippen LogP contribution >= 0.6 is 0 Å². The highest BCUT2D eigenvalue weighted by molar-refractivity contribution is 7.86. The summed E-state index contributed by atoms with van der Waals surface area (Å²) in [6, 6.07) is 26.1. The summed E-state index contributed by atoms with van der Waals surface area (Å²) in [5, 5.41) is 0. The molecule has 0 spiro atoms. The summed E-state index contributed by atoms with van der Waals surface area (Å²) >= 11 is 0. The molecule has 0 radical (unpaired) electrons. The number of fused-ring (bicyclic) bond motifs is 6. The van der Waals surface area contributed by atoms with Crippen LogP contribution in [0.1, 0.15) is 65.2 Å². The first-order chi connectivity index (χ1) is 30.3. The number of hydrogen-bond donors (Lipinski definition) is 0. The van der Waals surface area contributed by atoms with E-state index in [2.05, 4.69) is 29.2 Å². The largest absolute Gasteiger partial charge is 0.493 e. The number of ether oxygens (including phenoxy) is 4. The highest BCUT2D eigenvalue weighted by atomic mass is 32.2. The van der Waals surface area contributed by atoms with E-state index in [4.69, 9.17) is 33.1 Å². The van der Waals surface area contributed by atoms with Crippen LogP contribution in [0.3, 0.4) is 0 Å². The molecule has 0 unspecified atom stereocenters. The zero-order valence-corrected chi connectivity index (χ0v) is 36.5. The van der Waals surface area contributed by atoms with Crippen molar-refractivity contribution in [1.82, 2.24) is 14.7 Å². The molecular formula is C48H47N5O9S. The third-order valence-electron chi connectivity index (χ3n) is 11.6. The third-order valence-corrected chi connectivity index (χ3v) is 12.1. The Morgan fingerprint density at radius 1 is 0.698 bits per heavy atom. The van der Waals surface area contributed by atoms with Crippen molar-refractivity contribution in [1.29, 1.82) is 0 Å². The summed E-state index contributed by atoms with van der Waals surface area (Å²) in [6.45, 7) is 1.82. The standard InChI is InChI=1S/C48H47N5O9S/c1-51(2)24-29-12-30(27-60-44-17-35-22-50-46-18-32-8-6-7-9-34(32)25-53(46)47(54)39(35)19-42(44)58-3)14-31(13-29)28-61-45-21-41-40(20-43(45)59-4)48(55)52-26-36-16-38(62-63(5,56)57)11-10-33(36)15-37(52)23-49-41/h6-14,16-17,19-23,37,46H,15,18,24-28H2,1-5H3/t37-,46-/m0/s1. The van der Waals surface area contributed by atoms with Crippen LogP contribution in [0.4, 0.5) is 5.69 Å². The van der Waals surface area contributed by atoms with E-state index in [0.717, 1.165) is 39.6 Å². The van der Waals surface area contributed by atoms with Crippen molar-refractivity contribution in [3.63, 3.8) is 0 Å². The van der Waals surface area contributed by atoms with Gasteiger partial charge >= 0.3 is 10.1 Å². The Balaban J connectivity index is 0.931. The highest BCUT2D eigenvalue weighted by Crippen LogP contribution is 2.40. The molecule has 63 heavy (non-hydrogen) atoms. The van der Waals surface area contributed by atoms with Gasteiger partial charge in [0.1, 0.15) is 25.1 Å². The van der Waals surface area contributed by atoms with Gasteiger partial charge in [-0.3, -0.25) is 19.6 Å². The molecule has 0 fully saturated rings. The van der Waals surface area contributed by atoms with Crippen LogP contribution in [0, 0.1) is 0 Å². The first kappa shape index (κ1) is 41.6. The lowest BCUT2D eigenvalue weighted by Crippen LogP contribution is -2.44. The van der Waals surface area contributed by atoms with Crippen LogP contribution in [0.2, 0.25) is 0 Å². The van der Waals surface area contributed by atoms with E-state index in [9.17, 15) is 18.0 Å². The summed E-state index contributed by atoms with van der Waals surface area (Å²) in [7, 11) is 3.39. The summed E-state index contributed by atoms with van der Waals surface area (Å²) in [5.74, 6) is 1.61. The SMILES string of the molecule is COc1cc2c(cc1OCc1cc(COc3cc4c(cc3OC)C(=O)N3Cc5cc(OS(C)(=O)=O)ccc5C[C@H]3C=N4)cc(CN(C)C)c1)C=N[C@@H]1Cc3ccccc3CN1C2=O. The summed E-state index contributed by atoms with van der Waals surface area (Å²) in [4.78, 5) is 43.2. The minimum absolute atomic E-state index is 0.0986. The van der Waals surface area contributed by atoms with Crippen molar-refractivity contribution in [2.75, 3.05) is 34.6 Å². The first-order valence-electron chi connectivity index (χ1n) is 20.6. The fraction of sp³-hybridized carbons (Fsp3) is 0.292. The molecule has 14 nitrogen and oxygen atoms in total. The van der Waals surface area contributed by atoms with Crippen LogP contribution in [0.5, 0.6) is 28.7 Å². The Kier molecular flexibility index (Phi) is 11.1. The molecule has 15 heteroatoms. The van der Waals surface area contributed by atoms with Crippen LogP contribution < -0.4 is 23.1 Å². The second-order valence-corrected chi connectivity index (χ2v) is 18.0. The topological polar surface area (TPSA) is 149 Å². The molecular weight excluding hydrogens is 823 g/mol. The Morgan fingerprint density at radius 2 is 1.33 bits per heavy atom. The van der Waals surface area contributed by atoms with Gasteiger partial charge in [0.2, 0.25) is 0 Å². The molecule has 4 aliphatic heterocycles. The van der Waals surface area contributed by atoms with E-state index in [0.29, 0.717) is 71.3 Å². The van der Waals surface area contributed by atoms with E-state index in [1.54, 1.807) is 54.8 Å². The predicted molar refractivity (Wildman–Crippen MR) is 237 cm³/mol. The Labute approximate surface area is 366 Å². The van der Waals surface area contributed by atoms with Crippen LogP contribution in [-0.2, 0) is 55.8 Å². The molecule has 2 amide bonds. The number of amides is 2. The average Bonchev–Trinajstić information content (AvgIpc) is 3.47. The lowest BCUT2D eigenvalue weighted by Gasteiger charge is -2.34. The van der Waals surface area contributed by atoms with Crippen molar-refractivity contribution in [2.45, 2.75) is 57.9 Å². The van der Waals surface area contributed by atoms with Crippen molar-refractivity contribution < 1.29 is 41.1 Å². The normalized spacial score (nSPS) is 17.4. The zero-order chi connectivity index (χ0) is 44.0. The van der Waals surface area contributed by atoms with Gasteiger partial charge in [0.05, 0.1) is 43.3 Å². The third kappa shape index (κ3) is 8.71. The van der Waals surface area contributed by atoms with E-state index in [-0.39, 0.29) is 49.5 Å². The van der Waals surface area contributed by atoms with Gasteiger partial charge in [-0.25, -0.2) is 0 Å². The molecule has 0 N–H and O–H groups in total. The molecule has 9 rings (SSSR count). The maximum atomic E-state index is 14.1. The molecule has 0 aliphatic carbocycles. The van der Waals surface area contributed by atoms with Gasteiger partial charge in [0.15, 0.2) is 23.0 Å². The van der Waals surface area contributed by atoms with E-state index in [1.807, 2.05) is 49.3 Å². The van der Waals surface area contributed by atoms with Crippen molar-refractivity contribution in [2.24, 2.45) is 9.98 Å². The number of rotatable bonds is 12. The molecule has 0 aromatic heterocycles. The lowest BCUT2D eigenvalue weighted by atomic mass is 9.94. The highest BCUT2D eigenvalue weighted by Gasteiger charge is 2.35. The van der Waals surface area contributed by atoms with Gasteiger partial charge in [-0.05, 0) is 95.9 Å². The average molecular weight is 870 g/mol. The first-order valence-corrected chi connectivity index (χ1v) is 22.4. The molecule has 0 bridgehead atoms. The van der Waals surface area contributed by atoms with Crippen molar-refractivity contribution >= 4 is 40.0 Å². The fourth-order valence-electron chi connectivity index (χ4n) is 8.68.